The van der Waals surface area contributed by atoms with Gasteiger partial charge in [0.1, 0.15) is 5.82 Å². The van der Waals surface area contributed by atoms with Crippen LogP contribution in [0.4, 0.5) is 28.9 Å². The van der Waals surface area contributed by atoms with E-state index in [1.165, 1.54) is 24.3 Å². The van der Waals surface area contributed by atoms with Crippen LogP contribution in [-0.4, -0.2) is 12.6 Å². The molecule has 0 radical (unpaired) electrons. The molecule has 3 aromatic carbocycles. The molecule has 3 aromatic rings. The van der Waals surface area contributed by atoms with Gasteiger partial charge in [0.25, 0.3) is 0 Å². The second-order valence-electron chi connectivity index (χ2n) is 7.02. The lowest BCUT2D eigenvalue weighted by molar-refractivity contribution is -0.137. The van der Waals surface area contributed by atoms with Gasteiger partial charge < -0.3 is 9.64 Å². The molecule has 32 heavy (non-hydrogen) atoms. The first-order valence-corrected chi connectivity index (χ1v) is 9.79. The third kappa shape index (κ3) is 4.15. The summed E-state index contributed by atoms with van der Waals surface area (Å²) < 4.78 is 58.2. The molecule has 0 atom stereocenters. The molecule has 1 aliphatic rings. The largest absolute Gasteiger partial charge is 0.462 e. The van der Waals surface area contributed by atoms with E-state index in [4.69, 9.17) is 4.74 Å². The maximum absolute atomic E-state index is 13.5. The van der Waals surface area contributed by atoms with Crippen molar-refractivity contribution >= 4 is 29.1 Å². The van der Waals surface area contributed by atoms with Crippen LogP contribution in [0.25, 0.3) is 11.8 Å². The molecule has 0 fully saturated rings. The van der Waals surface area contributed by atoms with Crippen LogP contribution in [0.15, 0.2) is 72.5 Å². The van der Waals surface area contributed by atoms with Crippen LogP contribution in [-0.2, 0) is 10.9 Å². The van der Waals surface area contributed by atoms with Gasteiger partial charge in [-0.25, -0.2) is 9.18 Å². The Hall–Kier alpha value is -3.83. The third-order valence-corrected chi connectivity index (χ3v) is 4.92. The zero-order valence-electron chi connectivity index (χ0n) is 16.9. The second kappa shape index (κ2) is 8.36. The summed E-state index contributed by atoms with van der Waals surface area (Å²) in [5.74, 6) is -0.929. The Bertz CT molecular complexity index is 1240. The molecule has 0 unspecified atom stereocenters. The number of carbonyl (C=O) groups excluding carboxylic acids is 1. The van der Waals surface area contributed by atoms with Gasteiger partial charge in [-0.15, -0.1) is 0 Å². The van der Waals surface area contributed by atoms with Crippen molar-refractivity contribution in [2.75, 3.05) is 11.5 Å². The highest BCUT2D eigenvalue weighted by atomic mass is 19.4. The predicted octanol–water partition coefficient (Wildman–Crippen LogP) is 6.83. The normalized spacial score (nSPS) is 12.9. The van der Waals surface area contributed by atoms with Crippen molar-refractivity contribution in [3.63, 3.8) is 0 Å². The van der Waals surface area contributed by atoms with Crippen molar-refractivity contribution in [1.82, 2.24) is 0 Å². The molecule has 1 heterocycles. The van der Waals surface area contributed by atoms with Gasteiger partial charge in [0.2, 0.25) is 0 Å². The third-order valence-electron chi connectivity index (χ3n) is 4.92. The fraction of sp³-hybridized carbons (Fsp3) is 0.120. The number of halogens is 4. The quantitative estimate of drug-likeness (QED) is 0.254. The van der Waals surface area contributed by atoms with Gasteiger partial charge in [-0.3, -0.25) is 0 Å². The number of hydrogen-bond donors (Lipinski definition) is 0. The van der Waals surface area contributed by atoms with Crippen LogP contribution >= 0.6 is 0 Å². The van der Waals surface area contributed by atoms with Gasteiger partial charge in [0.05, 0.1) is 29.1 Å². The Kier molecular flexibility index (Phi) is 5.59. The maximum atomic E-state index is 13.5. The number of alkyl halides is 3. The molecule has 4 rings (SSSR count). The minimum Gasteiger partial charge on any atom is -0.462 e. The lowest BCUT2D eigenvalue weighted by atomic mass is 10.00. The number of esters is 1. The van der Waals surface area contributed by atoms with E-state index in [-0.39, 0.29) is 6.61 Å². The first-order chi connectivity index (χ1) is 15.3. The van der Waals surface area contributed by atoms with E-state index in [9.17, 15) is 22.4 Å². The molecule has 1 aliphatic heterocycles. The summed E-state index contributed by atoms with van der Waals surface area (Å²) in [7, 11) is 0. The van der Waals surface area contributed by atoms with Crippen molar-refractivity contribution < 1.29 is 27.1 Å². The molecule has 7 heteroatoms. The van der Waals surface area contributed by atoms with Crippen molar-refractivity contribution in [3.8, 4) is 0 Å². The van der Waals surface area contributed by atoms with Crippen molar-refractivity contribution in [2.24, 2.45) is 0 Å². The van der Waals surface area contributed by atoms with Gasteiger partial charge in [-0.1, -0.05) is 11.8 Å². The highest BCUT2D eigenvalue weighted by Gasteiger charge is 2.32. The van der Waals surface area contributed by atoms with E-state index in [0.29, 0.717) is 33.8 Å². The summed E-state index contributed by atoms with van der Waals surface area (Å²) in [5.41, 5.74) is 4.95. The van der Waals surface area contributed by atoms with Gasteiger partial charge in [-0.05, 0) is 73.7 Å². The zero-order valence-corrected chi connectivity index (χ0v) is 16.9. The van der Waals surface area contributed by atoms with Crippen LogP contribution < -0.4 is 4.90 Å². The lowest BCUT2D eigenvalue weighted by Gasteiger charge is -2.31. The summed E-state index contributed by atoms with van der Waals surface area (Å²) in [6.07, 6.45) is -3.02. The Morgan fingerprint density at radius 3 is 2.47 bits per heavy atom. The van der Waals surface area contributed by atoms with Gasteiger partial charge in [0.15, 0.2) is 0 Å². The number of rotatable bonds is 4. The first-order valence-electron chi connectivity index (χ1n) is 9.79. The van der Waals surface area contributed by atoms with Crippen LogP contribution in [0.3, 0.4) is 0 Å². The predicted molar refractivity (Wildman–Crippen MR) is 114 cm³/mol. The van der Waals surface area contributed by atoms with E-state index in [1.54, 1.807) is 48.2 Å². The topological polar surface area (TPSA) is 29.5 Å². The SMILES string of the molecule is CCOC(=O)c1cccc(N2C(c3ccc(F)cc3)=C=Cc3cc(C(F)(F)F)ccc32)c1. The molecule has 3 nitrogen and oxygen atoms in total. The Morgan fingerprint density at radius 1 is 1.03 bits per heavy atom. The molecule has 0 N–H and O–H groups in total. The second-order valence-corrected chi connectivity index (χ2v) is 7.02. The molecule has 0 saturated heterocycles. The maximum Gasteiger partial charge on any atom is 0.416 e. The molecule has 0 saturated carbocycles. The van der Waals surface area contributed by atoms with Crippen molar-refractivity contribution in [2.45, 2.75) is 13.1 Å². The first kappa shape index (κ1) is 21.4. The zero-order chi connectivity index (χ0) is 22.9. The smallest absolute Gasteiger partial charge is 0.416 e. The number of fused-ring (bicyclic) bond motifs is 1. The highest BCUT2D eigenvalue weighted by Crippen LogP contribution is 2.42. The van der Waals surface area contributed by atoms with Crippen LogP contribution in [0, 0.1) is 5.82 Å². The van der Waals surface area contributed by atoms with E-state index in [0.717, 1.165) is 12.1 Å². The van der Waals surface area contributed by atoms with E-state index < -0.39 is 23.5 Å². The summed E-state index contributed by atoms with van der Waals surface area (Å²) in [6.45, 7) is 1.90. The fourth-order valence-corrected chi connectivity index (χ4v) is 3.46. The number of anilines is 2. The average Bonchev–Trinajstić information content (AvgIpc) is 2.78. The molecule has 0 amide bonds. The lowest BCUT2D eigenvalue weighted by Crippen LogP contribution is -2.19. The molecular weight excluding hydrogens is 422 g/mol. The molecule has 0 spiro atoms. The van der Waals surface area contributed by atoms with Gasteiger partial charge >= 0.3 is 12.1 Å². The Balaban J connectivity index is 1.89. The van der Waals surface area contributed by atoms with Gasteiger partial charge in [0, 0.05) is 16.8 Å². The van der Waals surface area contributed by atoms with Crippen LogP contribution in [0.1, 0.15) is 34.0 Å². The number of hydrogen-bond acceptors (Lipinski definition) is 3. The van der Waals surface area contributed by atoms with Crippen molar-refractivity contribution in [1.29, 1.82) is 0 Å². The highest BCUT2D eigenvalue weighted by molar-refractivity contribution is 5.97. The number of carbonyl (C=O) groups is 1. The molecule has 0 bridgehead atoms. The van der Waals surface area contributed by atoms with Gasteiger partial charge in [-0.2, -0.15) is 13.2 Å². The fourth-order valence-electron chi connectivity index (χ4n) is 3.46. The minimum absolute atomic E-state index is 0.208. The summed E-state index contributed by atoms with van der Waals surface area (Å²) >= 11 is 0. The number of benzene rings is 3. The monoisotopic (exact) mass is 439 g/mol. The number of ether oxygens (including phenoxy) is 1. The molecule has 162 valence electrons. The standard InChI is InChI=1S/C25H17F4NO2/c1-2-32-24(31)18-4-3-5-21(15-18)30-22(16-6-10-20(26)11-7-16)12-8-17-14-19(25(27,28)29)9-13-23(17)30/h3-11,13-15H,2H2,1H3. The Morgan fingerprint density at radius 2 is 1.78 bits per heavy atom. The summed E-state index contributed by atoms with van der Waals surface area (Å²) in [4.78, 5) is 13.9. The average molecular weight is 439 g/mol. The van der Waals surface area contributed by atoms with E-state index >= 15 is 0 Å². The number of nitrogens with zero attached hydrogens (tertiary/aromatic N) is 1. The molecule has 0 aliphatic carbocycles. The van der Waals surface area contributed by atoms with Crippen LogP contribution in [0.5, 0.6) is 0 Å². The summed E-state index contributed by atoms with van der Waals surface area (Å²) in [6, 6.07) is 15.7. The summed E-state index contributed by atoms with van der Waals surface area (Å²) in [5, 5.41) is 0. The molecular formula is C25H17F4NO2. The van der Waals surface area contributed by atoms with Crippen LogP contribution in [0.2, 0.25) is 0 Å². The molecule has 0 aromatic heterocycles. The minimum atomic E-state index is -4.49. The van der Waals surface area contributed by atoms with E-state index in [2.05, 4.69) is 5.73 Å². The Labute approximate surface area is 181 Å². The van der Waals surface area contributed by atoms with E-state index in [1.807, 2.05) is 0 Å². The van der Waals surface area contributed by atoms with Crippen molar-refractivity contribution in [3.05, 3.63) is 101 Å².